The third-order valence-electron chi connectivity index (χ3n) is 10.4. The molecule has 2 aromatic rings. The van der Waals surface area contributed by atoms with E-state index in [-0.39, 0.29) is 35.6 Å². The maximum Gasteiger partial charge on any atom is 0.251 e. The molecule has 0 bridgehead atoms. The lowest BCUT2D eigenvalue weighted by Gasteiger charge is -2.53. The fourth-order valence-electron chi connectivity index (χ4n) is 8.22. The van der Waals surface area contributed by atoms with E-state index in [1.54, 1.807) is 43.3 Å². The van der Waals surface area contributed by atoms with Crippen LogP contribution in [0.4, 0.5) is 0 Å². The fraction of sp³-hybridized carbons (Fsp3) is 0.500. The molecule has 3 aliphatic carbocycles. The van der Waals surface area contributed by atoms with Crippen molar-refractivity contribution in [1.82, 2.24) is 15.1 Å². The Morgan fingerprint density at radius 2 is 1.73 bits per heavy atom. The van der Waals surface area contributed by atoms with Gasteiger partial charge in [0.2, 0.25) is 11.7 Å². The summed E-state index contributed by atoms with van der Waals surface area (Å²) in [4.78, 5) is 56.9. The van der Waals surface area contributed by atoms with Gasteiger partial charge in [0.05, 0.1) is 11.7 Å². The average Bonchev–Trinajstić information content (AvgIpc) is 3.00. The van der Waals surface area contributed by atoms with Gasteiger partial charge in [0.25, 0.3) is 5.91 Å². The minimum atomic E-state index is -2.72. The summed E-state index contributed by atoms with van der Waals surface area (Å²) < 4.78 is 0. The molecule has 7 N–H and O–H groups in total. The number of primary amides is 1. The van der Waals surface area contributed by atoms with Gasteiger partial charge in [0.1, 0.15) is 17.4 Å². The van der Waals surface area contributed by atoms with Gasteiger partial charge in [-0.2, -0.15) is 0 Å². The predicted molar refractivity (Wildman–Crippen MR) is 179 cm³/mol. The number of amides is 2. The van der Waals surface area contributed by atoms with Crippen LogP contribution in [0.1, 0.15) is 55.6 Å². The number of carbonyl (C=O) groups excluding carboxylic acids is 4. The lowest BCUT2D eigenvalue weighted by atomic mass is 9.54. The zero-order valence-corrected chi connectivity index (χ0v) is 28.2. The van der Waals surface area contributed by atoms with Crippen LogP contribution in [0.5, 0.6) is 5.75 Å². The summed E-state index contributed by atoms with van der Waals surface area (Å²) >= 11 is 0. The van der Waals surface area contributed by atoms with E-state index in [0.717, 1.165) is 0 Å². The Kier molecular flexibility index (Phi) is 9.59. The molecule has 0 saturated heterocycles. The van der Waals surface area contributed by atoms with Crippen LogP contribution in [0.15, 0.2) is 42.0 Å². The highest BCUT2D eigenvalue weighted by molar-refractivity contribution is 6.25. The molecule has 258 valence electrons. The molecule has 2 amide bonds. The van der Waals surface area contributed by atoms with E-state index in [4.69, 9.17) is 5.73 Å². The number of aromatic hydroxyl groups is 1. The quantitative estimate of drug-likeness (QED) is 0.215. The minimum absolute atomic E-state index is 0.00892. The highest BCUT2D eigenvalue weighted by Crippen LogP contribution is 2.53. The van der Waals surface area contributed by atoms with Gasteiger partial charge in [0, 0.05) is 48.3 Å². The first kappa shape index (κ1) is 35.2. The molecule has 2 fully saturated rings. The number of hydrogen-bond donors (Lipinski definition) is 6. The van der Waals surface area contributed by atoms with Crippen molar-refractivity contribution in [1.29, 1.82) is 0 Å². The van der Waals surface area contributed by atoms with Crippen LogP contribution >= 0.6 is 0 Å². The van der Waals surface area contributed by atoms with E-state index >= 15 is 0 Å². The molecule has 48 heavy (non-hydrogen) atoms. The normalized spacial score (nSPS) is 27.0. The summed E-state index contributed by atoms with van der Waals surface area (Å²) in [6, 6.07) is 9.73. The number of rotatable bonds is 9. The summed E-state index contributed by atoms with van der Waals surface area (Å²) in [6.07, 6.45) is -1.40. The average molecular weight is 663 g/mol. The summed E-state index contributed by atoms with van der Waals surface area (Å²) in [5, 5.41) is 48.5. The number of benzene rings is 2. The van der Waals surface area contributed by atoms with Crippen LogP contribution in [0.3, 0.4) is 0 Å². The van der Waals surface area contributed by atoms with Crippen molar-refractivity contribution < 1.29 is 39.6 Å². The summed E-state index contributed by atoms with van der Waals surface area (Å²) in [6.45, 7) is 9.60. The minimum Gasteiger partial charge on any atom is -0.507 e. The first-order chi connectivity index (χ1) is 22.5. The number of aliphatic hydroxyl groups is 3. The number of likely N-dealkylation sites (N-methyl/N-ethyl adjacent to an activating group) is 1. The van der Waals surface area contributed by atoms with Gasteiger partial charge in [-0.3, -0.25) is 24.1 Å². The number of Topliss-reactive ketones (excluding diaryl/α,β-unsaturated/α-hetero) is 2. The van der Waals surface area contributed by atoms with Crippen molar-refractivity contribution in [3.63, 3.8) is 0 Å². The van der Waals surface area contributed by atoms with Crippen molar-refractivity contribution in [3.8, 4) is 16.9 Å². The van der Waals surface area contributed by atoms with Crippen molar-refractivity contribution in [2.24, 2.45) is 23.5 Å². The smallest absolute Gasteiger partial charge is 0.251 e. The molecule has 0 heterocycles. The Morgan fingerprint density at radius 1 is 1.06 bits per heavy atom. The number of carbonyl (C=O) groups is 4. The summed E-state index contributed by atoms with van der Waals surface area (Å²) in [7, 11) is 3.21. The van der Waals surface area contributed by atoms with Gasteiger partial charge in [-0.25, -0.2) is 0 Å². The molecule has 0 radical (unpaired) electrons. The number of phenolic OH excluding ortho intramolecular Hbond substituents is 1. The second-order valence-electron chi connectivity index (χ2n) is 14.0. The standard InChI is InChI=1S/C36H46N4O8/c1-17(2)40(18(3)4)13-12-38-35(47)20-9-7-8-19(14-20)22-10-11-25(41)27-23(22)15-21-16-24-29(39(5)6)31(43)28(34(37)46)33(45)36(24,48)32(44)26(21)30(27)42/h7-11,14,17-18,21,24,28-29,31,41-43,48H,12-13,15-16H2,1-6H3,(H2,37,46)(H,38,47)/t21-,24-,28?,29-,31?,36-/m0/s1. The Bertz CT molecular complexity index is 1680. The van der Waals surface area contributed by atoms with E-state index in [9.17, 15) is 39.6 Å². The lowest BCUT2D eigenvalue weighted by molar-refractivity contribution is -0.184. The zero-order valence-electron chi connectivity index (χ0n) is 28.2. The Morgan fingerprint density at radius 3 is 2.33 bits per heavy atom. The largest absolute Gasteiger partial charge is 0.507 e. The fourth-order valence-corrected chi connectivity index (χ4v) is 8.22. The van der Waals surface area contributed by atoms with Crippen molar-refractivity contribution in [2.75, 3.05) is 27.2 Å². The third-order valence-corrected chi connectivity index (χ3v) is 10.4. The predicted octanol–water partition coefficient (Wildman–Crippen LogP) is 1.64. The SMILES string of the molecule is CC(C)N(CCNC(=O)c1cccc(-c2ccc(O)c3c2C[C@H]2C[C@H]4[C@H](N(C)C)C(O)C(C(N)=O)C(=O)[C@@]4(O)C(=O)C2=C3O)c1)C(C)C. The highest BCUT2D eigenvalue weighted by Gasteiger charge is 2.67. The number of phenols is 1. The number of nitrogens with two attached hydrogens (primary N) is 1. The number of fused-ring (bicyclic) bond motifs is 3. The number of aliphatic hydroxyl groups excluding tert-OH is 2. The Balaban J connectivity index is 1.52. The summed E-state index contributed by atoms with van der Waals surface area (Å²) in [5.74, 6) is -8.19. The van der Waals surface area contributed by atoms with Gasteiger partial charge in [-0.05, 0) is 95.4 Å². The van der Waals surface area contributed by atoms with Crippen molar-refractivity contribution in [3.05, 3.63) is 58.7 Å². The van der Waals surface area contributed by atoms with Crippen LogP contribution in [-0.4, -0.2) is 111 Å². The molecular weight excluding hydrogens is 616 g/mol. The van der Waals surface area contributed by atoms with Crippen LogP contribution in [0, 0.1) is 17.8 Å². The number of hydrogen-bond acceptors (Lipinski definition) is 10. The third kappa shape index (κ3) is 5.70. The second-order valence-corrected chi connectivity index (χ2v) is 14.0. The molecule has 0 aliphatic heterocycles. The molecular formula is C36H46N4O8. The molecule has 12 nitrogen and oxygen atoms in total. The molecule has 2 saturated carbocycles. The second kappa shape index (κ2) is 13.1. The maximum absolute atomic E-state index is 14.1. The zero-order chi connectivity index (χ0) is 35.4. The Labute approximate surface area is 280 Å². The lowest BCUT2D eigenvalue weighted by Crippen LogP contribution is -2.73. The van der Waals surface area contributed by atoms with E-state index < -0.39 is 58.7 Å². The summed E-state index contributed by atoms with van der Waals surface area (Å²) in [5.41, 5.74) is 4.74. The first-order valence-electron chi connectivity index (χ1n) is 16.4. The van der Waals surface area contributed by atoms with Crippen molar-refractivity contribution >= 4 is 29.1 Å². The monoisotopic (exact) mass is 662 g/mol. The molecule has 6 atom stereocenters. The van der Waals surface area contributed by atoms with Crippen molar-refractivity contribution in [2.45, 2.75) is 70.4 Å². The first-order valence-corrected chi connectivity index (χ1v) is 16.4. The molecule has 12 heteroatoms. The maximum atomic E-state index is 14.1. The van der Waals surface area contributed by atoms with E-state index in [0.29, 0.717) is 47.4 Å². The molecule has 2 unspecified atom stereocenters. The molecule has 0 aromatic heterocycles. The Hall–Kier alpha value is -4.10. The highest BCUT2D eigenvalue weighted by atomic mass is 16.3. The molecule has 2 aromatic carbocycles. The van der Waals surface area contributed by atoms with Gasteiger partial charge in [0.15, 0.2) is 11.4 Å². The number of nitrogens with one attached hydrogen (secondary N) is 1. The number of nitrogens with zero attached hydrogens (tertiary/aromatic N) is 2. The van der Waals surface area contributed by atoms with E-state index in [1.807, 2.05) is 6.07 Å². The van der Waals surface area contributed by atoms with Crippen LogP contribution in [0.2, 0.25) is 0 Å². The van der Waals surface area contributed by atoms with Gasteiger partial charge < -0.3 is 36.4 Å². The van der Waals surface area contributed by atoms with Gasteiger partial charge in [-0.15, -0.1) is 0 Å². The molecule has 3 aliphatic rings. The van der Waals surface area contributed by atoms with Gasteiger partial charge >= 0.3 is 0 Å². The molecule has 0 spiro atoms. The van der Waals surface area contributed by atoms with Crippen LogP contribution in [0.25, 0.3) is 16.9 Å². The number of ketones is 2. The van der Waals surface area contributed by atoms with Crippen LogP contribution < -0.4 is 11.1 Å². The topological polar surface area (TPSA) is 194 Å². The van der Waals surface area contributed by atoms with E-state index in [1.165, 1.54) is 6.07 Å². The molecule has 5 rings (SSSR count). The van der Waals surface area contributed by atoms with E-state index in [2.05, 4.69) is 37.9 Å². The van der Waals surface area contributed by atoms with Gasteiger partial charge in [-0.1, -0.05) is 18.2 Å². The van der Waals surface area contributed by atoms with Crippen LogP contribution in [-0.2, 0) is 20.8 Å².